The molecule has 0 nitrogen and oxygen atoms in total. The van der Waals surface area contributed by atoms with Crippen molar-refractivity contribution >= 4 is 50.4 Å². The van der Waals surface area contributed by atoms with Crippen LogP contribution in [0.3, 0.4) is 0 Å². The molecule has 0 saturated heterocycles. The fourth-order valence-corrected chi connectivity index (χ4v) is 3.26. The summed E-state index contributed by atoms with van der Waals surface area (Å²) >= 11 is 9.29. The highest BCUT2D eigenvalue weighted by Crippen LogP contribution is 2.30. The highest BCUT2D eigenvalue weighted by atomic mass is 35.5. The summed E-state index contributed by atoms with van der Waals surface area (Å²) in [5.74, 6) is 0.616. The van der Waals surface area contributed by atoms with E-state index in [2.05, 4.69) is 29.8 Å². The van der Waals surface area contributed by atoms with Crippen LogP contribution in [0.15, 0.2) is 22.4 Å². The molecule has 3 heteroatoms. The minimum Gasteiger partial charge on any atom is -0.150 e. The molecule has 0 aromatic carbocycles. The Labute approximate surface area is 90.5 Å². The Kier molecular flexibility index (Phi) is 2.72. The first-order chi connectivity index (χ1) is 6.29. The topological polar surface area (TPSA) is 0 Å². The molecule has 0 unspecified atom stereocenters. The molecule has 0 amide bonds. The van der Waals surface area contributed by atoms with Crippen LogP contribution in [-0.4, -0.2) is 5.88 Å². The number of halogens is 1. The second-order valence-corrected chi connectivity index (χ2v) is 5.09. The van der Waals surface area contributed by atoms with E-state index in [1.165, 1.54) is 20.5 Å². The first kappa shape index (κ1) is 9.25. The van der Waals surface area contributed by atoms with Crippen molar-refractivity contribution in [3.8, 4) is 0 Å². The van der Waals surface area contributed by atoms with Gasteiger partial charge in [0.2, 0.25) is 0 Å². The van der Waals surface area contributed by atoms with Gasteiger partial charge in [-0.25, -0.2) is 0 Å². The van der Waals surface area contributed by atoms with Gasteiger partial charge >= 0.3 is 0 Å². The molecule has 0 atom stereocenters. The van der Waals surface area contributed by atoms with Crippen LogP contribution in [0.5, 0.6) is 0 Å². The van der Waals surface area contributed by atoms with Crippen LogP contribution in [0, 0.1) is 0 Å². The van der Waals surface area contributed by atoms with Gasteiger partial charge < -0.3 is 0 Å². The summed E-state index contributed by atoms with van der Waals surface area (Å²) in [6.45, 7) is 2.06. The summed E-state index contributed by atoms with van der Waals surface area (Å²) in [5.41, 5.74) is 1.22. The fraction of sp³-hybridized carbons (Fsp3) is 0.200. The number of thiophene rings is 2. The summed E-state index contributed by atoms with van der Waals surface area (Å²) in [4.78, 5) is 1.30. The van der Waals surface area contributed by atoms with Gasteiger partial charge in [-0.15, -0.1) is 22.9 Å². The molecule has 2 aromatic heterocycles. The average Bonchev–Trinajstić information content (AvgIpc) is 2.63. The van der Waals surface area contributed by atoms with Gasteiger partial charge in [-0.1, -0.05) is 5.57 Å². The van der Waals surface area contributed by atoms with Crippen molar-refractivity contribution in [2.75, 3.05) is 5.88 Å². The maximum atomic E-state index is 5.71. The first-order valence-corrected chi connectivity index (χ1v) is 6.28. The molecule has 13 heavy (non-hydrogen) atoms. The van der Waals surface area contributed by atoms with Crippen LogP contribution in [-0.2, 0) is 0 Å². The molecule has 0 N–H and O–H groups in total. The zero-order valence-electron chi connectivity index (χ0n) is 7.21. The molecule has 0 aliphatic carbocycles. The van der Waals surface area contributed by atoms with Gasteiger partial charge in [-0.05, 0) is 24.4 Å². The standard InChI is InChI=1S/C10H9ClS2/c1-7(4-11)2-9-3-8-5-12-6-10(8)13-9/h2-3,5-6H,4H2,1H3/b7-2-. The number of alkyl halides is 1. The molecule has 0 radical (unpaired) electrons. The van der Waals surface area contributed by atoms with E-state index in [0.717, 1.165) is 0 Å². The van der Waals surface area contributed by atoms with Crippen molar-refractivity contribution in [1.29, 1.82) is 0 Å². The first-order valence-electron chi connectivity index (χ1n) is 3.98. The quantitative estimate of drug-likeness (QED) is 0.659. The van der Waals surface area contributed by atoms with Gasteiger partial charge in [-0.2, -0.15) is 11.3 Å². The Balaban J connectivity index is 2.40. The van der Waals surface area contributed by atoms with Crippen molar-refractivity contribution in [3.63, 3.8) is 0 Å². The number of allylic oxidation sites excluding steroid dienone is 1. The summed E-state index contributed by atoms with van der Waals surface area (Å²) in [6, 6.07) is 2.21. The van der Waals surface area contributed by atoms with E-state index < -0.39 is 0 Å². The zero-order valence-corrected chi connectivity index (χ0v) is 9.60. The molecule has 0 fully saturated rings. The molecule has 0 spiro atoms. The maximum Gasteiger partial charge on any atom is 0.0456 e. The minimum absolute atomic E-state index is 0.616. The second-order valence-electron chi connectivity index (χ2n) is 2.96. The van der Waals surface area contributed by atoms with Gasteiger partial charge in [0.25, 0.3) is 0 Å². The lowest BCUT2D eigenvalue weighted by atomic mass is 10.3. The van der Waals surface area contributed by atoms with E-state index in [0.29, 0.717) is 5.88 Å². The van der Waals surface area contributed by atoms with Crippen LogP contribution in [0.2, 0.25) is 0 Å². The molecule has 2 aromatic rings. The van der Waals surface area contributed by atoms with Crippen molar-refractivity contribution in [2.45, 2.75) is 6.92 Å². The van der Waals surface area contributed by atoms with Crippen LogP contribution < -0.4 is 0 Å². The third-order valence-corrected chi connectivity index (χ3v) is 4.16. The largest absolute Gasteiger partial charge is 0.150 e. The van der Waals surface area contributed by atoms with Crippen molar-refractivity contribution < 1.29 is 0 Å². The van der Waals surface area contributed by atoms with E-state index in [4.69, 9.17) is 11.6 Å². The number of hydrogen-bond donors (Lipinski definition) is 0. The monoisotopic (exact) mass is 228 g/mol. The molecule has 2 rings (SSSR count). The molecule has 68 valence electrons. The number of fused-ring (bicyclic) bond motifs is 1. The lowest BCUT2D eigenvalue weighted by Gasteiger charge is -1.89. The van der Waals surface area contributed by atoms with Crippen LogP contribution in [0.1, 0.15) is 11.8 Å². The maximum absolute atomic E-state index is 5.71. The van der Waals surface area contributed by atoms with Crippen LogP contribution in [0.4, 0.5) is 0 Å². The number of hydrogen-bond acceptors (Lipinski definition) is 2. The zero-order chi connectivity index (χ0) is 9.26. The van der Waals surface area contributed by atoms with Gasteiger partial charge in [0.05, 0.1) is 0 Å². The lowest BCUT2D eigenvalue weighted by molar-refractivity contribution is 1.44. The minimum atomic E-state index is 0.616. The molecular formula is C10H9ClS2. The second kappa shape index (κ2) is 3.82. The SMILES string of the molecule is C/C(=C/c1cc2cscc2s1)CCl. The highest BCUT2D eigenvalue weighted by molar-refractivity contribution is 7.23. The van der Waals surface area contributed by atoms with E-state index in [9.17, 15) is 0 Å². The third-order valence-electron chi connectivity index (χ3n) is 1.78. The van der Waals surface area contributed by atoms with E-state index in [1.54, 1.807) is 11.3 Å². The predicted molar refractivity (Wildman–Crippen MR) is 64.1 cm³/mol. The highest BCUT2D eigenvalue weighted by Gasteiger charge is 1.99. The molecule has 2 heterocycles. The number of rotatable bonds is 2. The molecule has 0 saturated carbocycles. The Hall–Kier alpha value is -0.310. The van der Waals surface area contributed by atoms with E-state index in [1.807, 2.05) is 11.3 Å². The van der Waals surface area contributed by atoms with E-state index in [-0.39, 0.29) is 0 Å². The Morgan fingerprint density at radius 2 is 2.38 bits per heavy atom. The summed E-state index contributed by atoms with van der Waals surface area (Å²) < 4.78 is 1.37. The summed E-state index contributed by atoms with van der Waals surface area (Å²) in [6.07, 6.45) is 2.16. The Bertz CT molecular complexity index is 408. The van der Waals surface area contributed by atoms with Gasteiger partial charge in [0.15, 0.2) is 0 Å². The van der Waals surface area contributed by atoms with Crippen molar-refractivity contribution in [1.82, 2.24) is 0 Å². The van der Waals surface area contributed by atoms with Gasteiger partial charge in [-0.3, -0.25) is 0 Å². The van der Waals surface area contributed by atoms with Gasteiger partial charge in [0, 0.05) is 26.2 Å². The third kappa shape index (κ3) is 1.96. The molecule has 0 bridgehead atoms. The normalized spacial score (nSPS) is 12.6. The van der Waals surface area contributed by atoms with E-state index >= 15 is 0 Å². The van der Waals surface area contributed by atoms with Gasteiger partial charge in [0.1, 0.15) is 0 Å². The Morgan fingerprint density at radius 1 is 1.54 bits per heavy atom. The summed E-state index contributed by atoms with van der Waals surface area (Å²) in [7, 11) is 0. The van der Waals surface area contributed by atoms with Crippen LogP contribution >= 0.6 is 34.3 Å². The van der Waals surface area contributed by atoms with Crippen molar-refractivity contribution in [2.24, 2.45) is 0 Å². The van der Waals surface area contributed by atoms with Crippen molar-refractivity contribution in [3.05, 3.63) is 27.3 Å². The average molecular weight is 229 g/mol. The smallest absolute Gasteiger partial charge is 0.0456 e. The Morgan fingerprint density at radius 3 is 3.08 bits per heavy atom. The fourth-order valence-electron chi connectivity index (χ4n) is 1.15. The molecule has 0 aliphatic heterocycles. The van der Waals surface area contributed by atoms with Crippen LogP contribution in [0.25, 0.3) is 16.2 Å². The lowest BCUT2D eigenvalue weighted by Crippen LogP contribution is -1.73. The summed E-state index contributed by atoms with van der Waals surface area (Å²) in [5, 5.41) is 5.72. The molecule has 0 aliphatic rings. The molecular weight excluding hydrogens is 220 g/mol. The predicted octanol–water partition coefficient (Wildman–Crippen LogP) is 4.60.